The van der Waals surface area contributed by atoms with Crippen LogP contribution in [0, 0.1) is 11.6 Å². The molecule has 24 heavy (non-hydrogen) atoms. The topological polar surface area (TPSA) is 29.9 Å². The molecular weight excluding hydrogens is 355 g/mol. The van der Waals surface area contributed by atoms with Gasteiger partial charge in [-0.3, -0.25) is 0 Å². The standard InChI is InChI=1S/C17H11Cl2F2N3/c18-13-4-2-10(8-14(13)19)24-17-12(5-6-22-17)16(23-24)11-3-1-9(20)7-15(11)21/h1-4,7-8,22H,5-6H2. The zero-order valence-corrected chi connectivity index (χ0v) is 13.8. The van der Waals surface area contributed by atoms with Crippen molar-refractivity contribution in [3.63, 3.8) is 0 Å². The highest BCUT2D eigenvalue weighted by Crippen LogP contribution is 2.36. The predicted octanol–water partition coefficient (Wildman–Crippen LogP) is 5.09. The van der Waals surface area contributed by atoms with Crippen molar-refractivity contribution in [1.29, 1.82) is 0 Å². The molecule has 4 rings (SSSR count). The molecule has 3 aromatic rings. The lowest BCUT2D eigenvalue weighted by molar-refractivity contribution is 0.585. The van der Waals surface area contributed by atoms with Gasteiger partial charge in [0.15, 0.2) is 0 Å². The van der Waals surface area contributed by atoms with Crippen molar-refractivity contribution >= 4 is 29.0 Å². The van der Waals surface area contributed by atoms with Gasteiger partial charge in [-0.2, -0.15) is 5.10 Å². The number of aromatic nitrogens is 2. The van der Waals surface area contributed by atoms with Gasteiger partial charge in [0.25, 0.3) is 0 Å². The maximum Gasteiger partial charge on any atom is 0.135 e. The molecule has 0 saturated carbocycles. The van der Waals surface area contributed by atoms with Crippen LogP contribution in [0.5, 0.6) is 0 Å². The summed E-state index contributed by atoms with van der Waals surface area (Å²) in [5.41, 5.74) is 2.38. The van der Waals surface area contributed by atoms with Gasteiger partial charge < -0.3 is 5.32 Å². The van der Waals surface area contributed by atoms with Crippen molar-refractivity contribution in [2.75, 3.05) is 11.9 Å². The number of rotatable bonds is 2. The number of nitrogens with one attached hydrogen (secondary N) is 1. The molecule has 3 nitrogen and oxygen atoms in total. The fourth-order valence-electron chi connectivity index (χ4n) is 2.88. The van der Waals surface area contributed by atoms with E-state index in [1.54, 1.807) is 22.9 Å². The molecule has 1 aromatic heterocycles. The molecule has 0 bridgehead atoms. The van der Waals surface area contributed by atoms with Crippen LogP contribution in [0.3, 0.4) is 0 Å². The Morgan fingerprint density at radius 1 is 1.04 bits per heavy atom. The molecule has 1 aliphatic heterocycles. The van der Waals surface area contributed by atoms with Crippen LogP contribution in [0.25, 0.3) is 16.9 Å². The minimum absolute atomic E-state index is 0.273. The van der Waals surface area contributed by atoms with Crippen LogP contribution < -0.4 is 5.32 Å². The van der Waals surface area contributed by atoms with E-state index in [2.05, 4.69) is 10.4 Å². The number of hydrogen-bond donors (Lipinski definition) is 1. The third-order valence-corrected chi connectivity index (χ3v) is 4.72. The lowest BCUT2D eigenvalue weighted by Crippen LogP contribution is -2.04. The van der Waals surface area contributed by atoms with E-state index in [1.165, 1.54) is 12.1 Å². The fourth-order valence-corrected chi connectivity index (χ4v) is 3.17. The summed E-state index contributed by atoms with van der Waals surface area (Å²) in [6.07, 6.45) is 0.711. The van der Waals surface area contributed by atoms with E-state index in [-0.39, 0.29) is 5.56 Å². The smallest absolute Gasteiger partial charge is 0.135 e. The van der Waals surface area contributed by atoms with Crippen molar-refractivity contribution in [3.05, 3.63) is 63.6 Å². The highest BCUT2D eigenvalue weighted by molar-refractivity contribution is 6.42. The lowest BCUT2D eigenvalue weighted by atomic mass is 10.1. The monoisotopic (exact) mass is 365 g/mol. The molecule has 2 heterocycles. The first-order valence-corrected chi connectivity index (χ1v) is 8.07. The Balaban J connectivity index is 1.90. The van der Waals surface area contributed by atoms with E-state index in [4.69, 9.17) is 23.2 Å². The van der Waals surface area contributed by atoms with E-state index in [1.807, 2.05) is 0 Å². The average Bonchev–Trinajstić information content (AvgIpc) is 3.13. The van der Waals surface area contributed by atoms with E-state index in [9.17, 15) is 8.78 Å². The zero-order valence-electron chi connectivity index (χ0n) is 12.3. The molecular formula is C17H11Cl2F2N3. The molecule has 0 amide bonds. The van der Waals surface area contributed by atoms with Gasteiger partial charge in [0.2, 0.25) is 0 Å². The third kappa shape index (κ3) is 2.44. The summed E-state index contributed by atoms with van der Waals surface area (Å²) >= 11 is 12.0. The molecule has 1 aliphatic rings. The fraction of sp³-hybridized carbons (Fsp3) is 0.118. The second-order valence-electron chi connectivity index (χ2n) is 5.49. The Kier molecular flexibility index (Phi) is 3.70. The minimum Gasteiger partial charge on any atom is -0.369 e. The number of benzene rings is 2. The van der Waals surface area contributed by atoms with Crippen LogP contribution in [-0.2, 0) is 6.42 Å². The highest BCUT2D eigenvalue weighted by atomic mass is 35.5. The molecule has 0 spiro atoms. The van der Waals surface area contributed by atoms with Crippen molar-refractivity contribution in [1.82, 2.24) is 9.78 Å². The van der Waals surface area contributed by atoms with Gasteiger partial charge in [0.05, 0.1) is 15.7 Å². The van der Waals surface area contributed by atoms with E-state index in [0.717, 1.165) is 24.0 Å². The molecule has 0 aliphatic carbocycles. The summed E-state index contributed by atoms with van der Waals surface area (Å²) in [5, 5.41) is 8.63. The van der Waals surface area contributed by atoms with Crippen LogP contribution in [0.15, 0.2) is 36.4 Å². The third-order valence-electron chi connectivity index (χ3n) is 3.98. The van der Waals surface area contributed by atoms with Gasteiger partial charge in [0.1, 0.15) is 23.1 Å². The van der Waals surface area contributed by atoms with Gasteiger partial charge >= 0.3 is 0 Å². The molecule has 0 saturated heterocycles. The largest absolute Gasteiger partial charge is 0.369 e. The summed E-state index contributed by atoms with van der Waals surface area (Å²) in [5.74, 6) is -0.467. The number of halogens is 4. The zero-order chi connectivity index (χ0) is 16.8. The number of hydrogen-bond acceptors (Lipinski definition) is 2. The van der Waals surface area contributed by atoms with Crippen molar-refractivity contribution in [2.45, 2.75) is 6.42 Å². The Labute approximate surface area is 146 Å². The molecule has 0 fully saturated rings. The molecule has 0 unspecified atom stereocenters. The number of anilines is 1. The summed E-state index contributed by atoms with van der Waals surface area (Å²) in [4.78, 5) is 0. The van der Waals surface area contributed by atoms with Crippen LogP contribution >= 0.6 is 23.2 Å². The van der Waals surface area contributed by atoms with Gasteiger partial charge in [-0.15, -0.1) is 0 Å². The minimum atomic E-state index is -0.636. The average molecular weight is 366 g/mol. The maximum absolute atomic E-state index is 14.2. The predicted molar refractivity (Wildman–Crippen MR) is 91.1 cm³/mol. The first-order valence-electron chi connectivity index (χ1n) is 7.31. The van der Waals surface area contributed by atoms with E-state index >= 15 is 0 Å². The van der Waals surface area contributed by atoms with Crippen LogP contribution in [0.4, 0.5) is 14.6 Å². The Hall–Kier alpha value is -2.11. The SMILES string of the molecule is Fc1ccc(-c2nn(-c3ccc(Cl)c(Cl)c3)c3c2CCN3)c(F)c1. The molecule has 122 valence electrons. The Morgan fingerprint density at radius 3 is 2.62 bits per heavy atom. The Bertz CT molecular complexity index is 953. The van der Waals surface area contributed by atoms with Gasteiger partial charge in [-0.25, -0.2) is 13.5 Å². The normalized spacial score (nSPS) is 13.0. The maximum atomic E-state index is 14.2. The van der Waals surface area contributed by atoms with Crippen LogP contribution in [0.1, 0.15) is 5.56 Å². The molecule has 1 N–H and O–H groups in total. The Morgan fingerprint density at radius 2 is 1.88 bits per heavy atom. The van der Waals surface area contributed by atoms with E-state index < -0.39 is 11.6 Å². The number of fused-ring (bicyclic) bond motifs is 1. The van der Waals surface area contributed by atoms with Crippen molar-refractivity contribution < 1.29 is 8.78 Å². The van der Waals surface area contributed by atoms with Crippen molar-refractivity contribution in [3.8, 4) is 16.9 Å². The first-order chi connectivity index (χ1) is 11.5. The molecule has 0 radical (unpaired) electrons. The van der Waals surface area contributed by atoms with Crippen LogP contribution in [-0.4, -0.2) is 16.3 Å². The van der Waals surface area contributed by atoms with Gasteiger partial charge in [-0.1, -0.05) is 23.2 Å². The molecule has 7 heteroatoms. The van der Waals surface area contributed by atoms with Gasteiger partial charge in [0, 0.05) is 23.7 Å². The van der Waals surface area contributed by atoms with Crippen LogP contribution in [0.2, 0.25) is 10.0 Å². The quantitative estimate of drug-likeness (QED) is 0.685. The second-order valence-corrected chi connectivity index (χ2v) is 6.30. The summed E-state index contributed by atoms with van der Waals surface area (Å²) in [6.45, 7) is 0.727. The second kappa shape index (κ2) is 5.76. The highest BCUT2D eigenvalue weighted by Gasteiger charge is 2.25. The molecule has 0 atom stereocenters. The summed E-state index contributed by atoms with van der Waals surface area (Å²) in [6, 6.07) is 8.66. The number of nitrogens with zero attached hydrogens (tertiary/aromatic N) is 2. The van der Waals surface area contributed by atoms with Gasteiger partial charge in [-0.05, 0) is 36.8 Å². The van der Waals surface area contributed by atoms with E-state index in [0.29, 0.717) is 27.8 Å². The van der Waals surface area contributed by atoms with Crippen molar-refractivity contribution in [2.24, 2.45) is 0 Å². The lowest BCUT2D eigenvalue weighted by Gasteiger charge is -2.07. The molecule has 2 aromatic carbocycles. The first kappa shape index (κ1) is 15.4. The summed E-state index contributed by atoms with van der Waals surface area (Å²) in [7, 11) is 0. The summed E-state index contributed by atoms with van der Waals surface area (Å²) < 4.78 is 29.0.